The molecule has 0 fully saturated rings. The third kappa shape index (κ3) is 2.73. The second-order valence-corrected chi connectivity index (χ2v) is 5.61. The minimum absolute atomic E-state index is 0.0206. The van der Waals surface area contributed by atoms with Gasteiger partial charge in [0.25, 0.3) is 11.5 Å². The first-order valence-corrected chi connectivity index (χ1v) is 7.33. The average Bonchev–Trinajstić information content (AvgIpc) is 2.52. The molecule has 0 spiro atoms. The monoisotopic (exact) mass is 307 g/mol. The van der Waals surface area contributed by atoms with Crippen LogP contribution in [0.15, 0.2) is 47.5 Å². The van der Waals surface area contributed by atoms with Gasteiger partial charge in [0.1, 0.15) is 11.2 Å². The Morgan fingerprint density at radius 2 is 1.96 bits per heavy atom. The van der Waals surface area contributed by atoms with Crippen LogP contribution >= 0.6 is 0 Å². The molecule has 23 heavy (non-hydrogen) atoms. The van der Waals surface area contributed by atoms with Crippen LogP contribution in [0.1, 0.15) is 27.0 Å². The summed E-state index contributed by atoms with van der Waals surface area (Å²) >= 11 is 0. The molecule has 1 aromatic carbocycles. The molecular formula is C18H17N3O2. The van der Waals surface area contributed by atoms with Crippen LogP contribution < -0.4 is 10.9 Å². The van der Waals surface area contributed by atoms with Gasteiger partial charge in [-0.25, -0.2) is 4.98 Å². The van der Waals surface area contributed by atoms with Crippen molar-refractivity contribution in [1.29, 1.82) is 0 Å². The van der Waals surface area contributed by atoms with E-state index < -0.39 is 5.91 Å². The van der Waals surface area contributed by atoms with Crippen molar-refractivity contribution in [2.75, 3.05) is 5.32 Å². The molecule has 5 nitrogen and oxygen atoms in total. The van der Waals surface area contributed by atoms with Crippen molar-refractivity contribution in [3.05, 3.63) is 75.3 Å². The van der Waals surface area contributed by atoms with Crippen LogP contribution in [0.2, 0.25) is 0 Å². The summed E-state index contributed by atoms with van der Waals surface area (Å²) in [4.78, 5) is 29.1. The number of hydrogen-bond donors (Lipinski definition) is 1. The SMILES string of the molecule is Cc1ccn2c(=O)c(C(=O)Nc3cccc(C)c3C)cnc2c1. The summed E-state index contributed by atoms with van der Waals surface area (Å²) in [5, 5.41) is 2.79. The Hall–Kier alpha value is -2.95. The number of fused-ring (bicyclic) bond motifs is 1. The third-order valence-electron chi connectivity index (χ3n) is 3.96. The third-order valence-corrected chi connectivity index (χ3v) is 3.96. The molecule has 0 bridgehead atoms. The number of hydrogen-bond acceptors (Lipinski definition) is 3. The predicted octanol–water partition coefficient (Wildman–Crippen LogP) is 2.87. The predicted molar refractivity (Wildman–Crippen MR) is 90.1 cm³/mol. The number of pyridine rings is 1. The van der Waals surface area contributed by atoms with Crippen LogP contribution in [0, 0.1) is 20.8 Å². The highest BCUT2D eigenvalue weighted by Gasteiger charge is 2.14. The van der Waals surface area contributed by atoms with Gasteiger partial charge < -0.3 is 5.32 Å². The number of rotatable bonds is 2. The van der Waals surface area contributed by atoms with E-state index in [4.69, 9.17) is 0 Å². The van der Waals surface area contributed by atoms with Crippen LogP contribution in [0.25, 0.3) is 5.65 Å². The lowest BCUT2D eigenvalue weighted by Crippen LogP contribution is -2.27. The van der Waals surface area contributed by atoms with Gasteiger partial charge in [0, 0.05) is 18.1 Å². The fourth-order valence-electron chi connectivity index (χ4n) is 2.41. The van der Waals surface area contributed by atoms with E-state index in [-0.39, 0.29) is 11.1 Å². The van der Waals surface area contributed by atoms with Crippen molar-refractivity contribution >= 4 is 17.2 Å². The zero-order valence-corrected chi connectivity index (χ0v) is 13.3. The van der Waals surface area contributed by atoms with E-state index >= 15 is 0 Å². The van der Waals surface area contributed by atoms with Crippen LogP contribution in [-0.2, 0) is 0 Å². The number of amides is 1. The zero-order valence-electron chi connectivity index (χ0n) is 13.3. The molecule has 3 rings (SSSR count). The molecule has 0 aliphatic carbocycles. The van der Waals surface area contributed by atoms with Crippen LogP contribution in [0.4, 0.5) is 5.69 Å². The lowest BCUT2D eigenvalue weighted by atomic mass is 10.1. The maximum absolute atomic E-state index is 12.5. The Bertz CT molecular complexity index is 974. The Balaban J connectivity index is 2.01. The minimum Gasteiger partial charge on any atom is -0.322 e. The highest BCUT2D eigenvalue weighted by molar-refractivity contribution is 6.04. The molecule has 0 saturated carbocycles. The fourth-order valence-corrected chi connectivity index (χ4v) is 2.41. The molecule has 0 aliphatic heterocycles. The molecule has 0 saturated heterocycles. The molecule has 116 valence electrons. The van der Waals surface area contributed by atoms with Crippen LogP contribution in [0.3, 0.4) is 0 Å². The Morgan fingerprint density at radius 3 is 2.74 bits per heavy atom. The molecule has 2 heterocycles. The molecule has 5 heteroatoms. The van der Waals surface area contributed by atoms with E-state index in [2.05, 4.69) is 10.3 Å². The largest absolute Gasteiger partial charge is 0.322 e. The van der Waals surface area contributed by atoms with Crippen molar-refractivity contribution in [2.45, 2.75) is 20.8 Å². The lowest BCUT2D eigenvalue weighted by Gasteiger charge is -2.10. The van der Waals surface area contributed by atoms with Gasteiger partial charge in [0.15, 0.2) is 0 Å². The molecule has 0 unspecified atom stereocenters. The summed E-state index contributed by atoms with van der Waals surface area (Å²) in [6.45, 7) is 5.83. The van der Waals surface area contributed by atoms with E-state index in [9.17, 15) is 9.59 Å². The van der Waals surface area contributed by atoms with Crippen molar-refractivity contribution in [3.63, 3.8) is 0 Å². The number of aryl methyl sites for hydroxylation is 2. The zero-order chi connectivity index (χ0) is 16.6. The molecule has 2 aromatic heterocycles. The Labute approximate surface area is 133 Å². The van der Waals surface area contributed by atoms with Gasteiger partial charge in [-0.05, 0) is 55.7 Å². The number of nitrogens with zero attached hydrogens (tertiary/aromatic N) is 2. The summed E-state index contributed by atoms with van der Waals surface area (Å²) in [5.74, 6) is -0.453. The first kappa shape index (κ1) is 15.0. The molecule has 0 atom stereocenters. The van der Waals surface area contributed by atoms with Crippen LogP contribution in [-0.4, -0.2) is 15.3 Å². The van der Waals surface area contributed by atoms with E-state index in [0.29, 0.717) is 11.3 Å². The number of carbonyl (C=O) groups excluding carboxylic acids is 1. The Morgan fingerprint density at radius 1 is 1.17 bits per heavy atom. The summed E-state index contributed by atoms with van der Waals surface area (Å²) in [6.07, 6.45) is 2.96. The second kappa shape index (κ2) is 5.68. The van der Waals surface area contributed by atoms with Crippen molar-refractivity contribution in [3.8, 4) is 0 Å². The normalized spacial score (nSPS) is 10.7. The second-order valence-electron chi connectivity index (χ2n) is 5.61. The number of carbonyl (C=O) groups is 1. The number of nitrogens with one attached hydrogen (secondary N) is 1. The van der Waals surface area contributed by atoms with Gasteiger partial charge in [-0.15, -0.1) is 0 Å². The smallest absolute Gasteiger partial charge is 0.270 e. The highest BCUT2D eigenvalue weighted by atomic mass is 16.2. The van der Waals surface area contributed by atoms with Crippen molar-refractivity contribution in [2.24, 2.45) is 0 Å². The first-order chi connectivity index (χ1) is 11.0. The maximum atomic E-state index is 12.5. The van der Waals surface area contributed by atoms with Gasteiger partial charge in [0.2, 0.25) is 0 Å². The first-order valence-electron chi connectivity index (χ1n) is 7.33. The van der Waals surface area contributed by atoms with Gasteiger partial charge >= 0.3 is 0 Å². The summed E-state index contributed by atoms with van der Waals surface area (Å²) in [6, 6.07) is 9.26. The van der Waals surface area contributed by atoms with E-state index in [1.807, 2.05) is 45.0 Å². The lowest BCUT2D eigenvalue weighted by molar-refractivity contribution is 0.102. The fraction of sp³-hybridized carbons (Fsp3) is 0.167. The average molecular weight is 307 g/mol. The molecular weight excluding hydrogens is 290 g/mol. The van der Waals surface area contributed by atoms with E-state index in [0.717, 1.165) is 16.7 Å². The number of aromatic nitrogens is 2. The van der Waals surface area contributed by atoms with Gasteiger partial charge in [-0.2, -0.15) is 0 Å². The summed E-state index contributed by atoms with van der Waals surface area (Å²) < 4.78 is 1.38. The van der Waals surface area contributed by atoms with E-state index in [1.54, 1.807) is 12.3 Å². The quantitative estimate of drug-likeness (QED) is 0.792. The highest BCUT2D eigenvalue weighted by Crippen LogP contribution is 2.18. The Kier molecular flexibility index (Phi) is 3.70. The molecule has 3 aromatic rings. The minimum atomic E-state index is -0.453. The molecule has 0 radical (unpaired) electrons. The van der Waals surface area contributed by atoms with Crippen molar-refractivity contribution < 1.29 is 4.79 Å². The van der Waals surface area contributed by atoms with Crippen molar-refractivity contribution in [1.82, 2.24) is 9.38 Å². The van der Waals surface area contributed by atoms with E-state index in [1.165, 1.54) is 10.6 Å². The van der Waals surface area contributed by atoms with Gasteiger partial charge in [-0.3, -0.25) is 14.0 Å². The number of anilines is 1. The van der Waals surface area contributed by atoms with Gasteiger partial charge in [0.05, 0.1) is 0 Å². The summed E-state index contributed by atoms with van der Waals surface area (Å²) in [5.41, 5.74) is 3.92. The maximum Gasteiger partial charge on any atom is 0.270 e. The standard InChI is InChI=1S/C18H17N3O2/c1-11-7-8-21-16(9-11)19-10-14(18(21)23)17(22)20-15-6-4-5-12(2)13(15)3/h4-10H,1-3H3,(H,20,22). The molecule has 1 amide bonds. The molecule has 0 aliphatic rings. The molecule has 1 N–H and O–H groups in total. The van der Waals surface area contributed by atoms with Gasteiger partial charge in [-0.1, -0.05) is 12.1 Å². The summed E-state index contributed by atoms with van der Waals surface area (Å²) in [7, 11) is 0. The number of benzene rings is 1. The topological polar surface area (TPSA) is 63.5 Å². The van der Waals surface area contributed by atoms with Crippen LogP contribution in [0.5, 0.6) is 0 Å².